The van der Waals surface area contributed by atoms with Crippen LogP contribution in [-0.4, -0.2) is 49.4 Å². The average Bonchev–Trinajstić information content (AvgIpc) is 1.99. The predicted octanol–water partition coefficient (Wildman–Crippen LogP) is 2.38. The van der Waals surface area contributed by atoms with E-state index in [1.54, 1.807) is 0 Å². The topological polar surface area (TPSA) is 0 Å². The summed E-state index contributed by atoms with van der Waals surface area (Å²) in [6.45, 7) is 5.78. The van der Waals surface area contributed by atoms with Gasteiger partial charge in [0, 0.05) is 5.75 Å². The van der Waals surface area contributed by atoms with Crippen molar-refractivity contribution in [1.82, 2.24) is 0 Å². The molecule has 0 heterocycles. The second-order valence-electron chi connectivity index (χ2n) is 4.30. The Morgan fingerprint density at radius 1 is 1.08 bits per heavy atom. The summed E-state index contributed by atoms with van der Waals surface area (Å²) in [5.41, 5.74) is 0. The van der Waals surface area contributed by atoms with Crippen molar-refractivity contribution >= 4 is 20.7 Å². The highest BCUT2D eigenvalue weighted by molar-refractivity contribution is 8.87. The maximum Gasteiger partial charge on any atom is 0.0865 e. The highest BCUT2D eigenvalue weighted by Gasteiger charge is 2.18. The van der Waals surface area contributed by atoms with Crippen molar-refractivity contribution in [3.05, 3.63) is 0 Å². The quantitative estimate of drug-likeness (QED) is 0.402. The van der Waals surface area contributed by atoms with Crippen molar-refractivity contribution < 1.29 is 4.48 Å². The molecule has 0 amide bonds. The number of hydrogen-bond acceptors (Lipinski definition) is 1. The van der Waals surface area contributed by atoms with Crippen molar-refractivity contribution in [2.24, 2.45) is 0 Å². The molecule has 0 radical (unpaired) electrons. The van der Waals surface area contributed by atoms with Crippen LogP contribution < -0.4 is 0 Å². The van der Waals surface area contributed by atoms with Crippen molar-refractivity contribution in [2.75, 3.05) is 44.9 Å². The van der Waals surface area contributed by atoms with E-state index < -0.39 is 9.06 Å². The van der Waals surface area contributed by atoms with E-state index in [0.29, 0.717) is 0 Å². The van der Waals surface area contributed by atoms with Gasteiger partial charge in [0.15, 0.2) is 0 Å². The first-order chi connectivity index (χ1) is 5.33. The van der Waals surface area contributed by atoms with E-state index in [-0.39, 0.29) is 0 Å². The highest BCUT2D eigenvalue weighted by atomic mass is 33.1. The first-order valence-electron chi connectivity index (χ1n) is 4.62. The third-order valence-electron chi connectivity index (χ3n) is 2.22. The Labute approximate surface area is 84.2 Å². The van der Waals surface area contributed by atoms with Crippen LogP contribution in [0.15, 0.2) is 0 Å². The van der Waals surface area contributed by atoms with Crippen LogP contribution in [0.3, 0.4) is 0 Å². The largest absolute Gasteiger partial charge is 0.330 e. The molecule has 3 heteroatoms. The summed E-state index contributed by atoms with van der Waals surface area (Å²) in [5.74, 6) is 3.81. The molecule has 0 N–H and O–H groups in total. The Balaban J connectivity index is 3.89. The van der Waals surface area contributed by atoms with E-state index in [9.17, 15) is 0 Å². The lowest BCUT2D eigenvalue weighted by atomic mass is 10.6. The molecule has 0 aromatic rings. The molecule has 76 valence electrons. The number of nitrogens with zero attached hydrogens (tertiary/aromatic N) is 1. The molecule has 0 aromatic heterocycles. The maximum atomic E-state index is 4.80. The zero-order chi connectivity index (χ0) is 9.83. The minimum Gasteiger partial charge on any atom is -0.330 e. The van der Waals surface area contributed by atoms with Crippen LogP contribution in [0.1, 0.15) is 13.8 Å². The molecule has 0 aromatic carbocycles. The Morgan fingerprint density at radius 2 is 1.50 bits per heavy atom. The predicted molar refractivity (Wildman–Crippen MR) is 65.4 cm³/mol. The summed E-state index contributed by atoms with van der Waals surface area (Å²) in [4.78, 5) is 0. The number of quaternary nitrogens is 1. The van der Waals surface area contributed by atoms with Crippen molar-refractivity contribution in [2.45, 2.75) is 13.8 Å². The standard InChI is InChI=1S/C9H23NS2/c1-6-12(11,7-2)9-8-10(3,4)5/h6-9H2,1-5H3/p+1. The molecule has 0 aliphatic heterocycles. The van der Waals surface area contributed by atoms with Gasteiger partial charge in [0.2, 0.25) is 0 Å². The molecule has 0 saturated carbocycles. The lowest BCUT2D eigenvalue weighted by Crippen LogP contribution is -2.38. The minimum atomic E-state index is -0.569. The van der Waals surface area contributed by atoms with Gasteiger partial charge in [-0.25, -0.2) is 0 Å². The lowest BCUT2D eigenvalue weighted by Gasteiger charge is -2.35. The maximum absolute atomic E-state index is 4.80. The van der Waals surface area contributed by atoms with E-state index in [1.807, 2.05) is 0 Å². The second kappa shape index (κ2) is 4.77. The van der Waals surface area contributed by atoms with Gasteiger partial charge in [-0.05, 0) is 11.5 Å². The van der Waals surface area contributed by atoms with Crippen LogP contribution in [0, 0.1) is 0 Å². The van der Waals surface area contributed by atoms with Crippen LogP contribution in [-0.2, 0) is 0 Å². The molecular weight excluding hydrogens is 186 g/mol. The number of rotatable bonds is 5. The van der Waals surface area contributed by atoms with Gasteiger partial charge in [-0.3, -0.25) is 0 Å². The SMILES string of the molecule is CCS(S)(CC)CC[N+](C)(C)C. The normalized spacial score (nSPS) is 14.8. The fraction of sp³-hybridized carbons (Fsp3) is 1.00. The summed E-state index contributed by atoms with van der Waals surface area (Å²) >= 11 is 4.80. The summed E-state index contributed by atoms with van der Waals surface area (Å²) in [6, 6.07) is 0. The Hall–Kier alpha value is 0.660. The van der Waals surface area contributed by atoms with Gasteiger partial charge < -0.3 is 4.48 Å². The van der Waals surface area contributed by atoms with E-state index in [1.165, 1.54) is 23.8 Å². The van der Waals surface area contributed by atoms with Gasteiger partial charge in [-0.15, -0.1) is 11.7 Å². The summed E-state index contributed by atoms with van der Waals surface area (Å²) in [6.07, 6.45) is 0. The highest BCUT2D eigenvalue weighted by Crippen LogP contribution is 2.51. The van der Waals surface area contributed by atoms with E-state index >= 15 is 0 Å². The van der Waals surface area contributed by atoms with Crippen LogP contribution in [0.25, 0.3) is 0 Å². The Bertz CT molecular complexity index is 125. The molecule has 0 spiro atoms. The summed E-state index contributed by atoms with van der Waals surface area (Å²) in [5, 5.41) is 0. The third-order valence-corrected chi connectivity index (χ3v) is 7.41. The van der Waals surface area contributed by atoms with Gasteiger partial charge in [0.05, 0.1) is 27.7 Å². The van der Waals surface area contributed by atoms with Crippen LogP contribution in [0.2, 0.25) is 0 Å². The fourth-order valence-electron chi connectivity index (χ4n) is 0.937. The zero-order valence-electron chi connectivity index (χ0n) is 9.13. The molecule has 0 rings (SSSR count). The molecule has 0 aliphatic carbocycles. The van der Waals surface area contributed by atoms with E-state index in [4.69, 9.17) is 11.7 Å². The molecule has 0 atom stereocenters. The summed E-state index contributed by atoms with van der Waals surface area (Å²) in [7, 11) is 6.18. The lowest BCUT2D eigenvalue weighted by molar-refractivity contribution is -0.867. The van der Waals surface area contributed by atoms with Crippen LogP contribution >= 0.6 is 20.7 Å². The van der Waals surface area contributed by atoms with Gasteiger partial charge >= 0.3 is 0 Å². The van der Waals surface area contributed by atoms with Gasteiger partial charge in [-0.2, -0.15) is 9.06 Å². The van der Waals surface area contributed by atoms with Crippen molar-refractivity contribution in [3.63, 3.8) is 0 Å². The average molecular weight is 210 g/mol. The van der Waals surface area contributed by atoms with E-state index in [0.717, 1.165) is 4.48 Å². The van der Waals surface area contributed by atoms with E-state index in [2.05, 4.69) is 35.0 Å². The van der Waals surface area contributed by atoms with Gasteiger partial charge in [0.1, 0.15) is 0 Å². The monoisotopic (exact) mass is 210 g/mol. The Kier molecular flexibility index (Phi) is 5.04. The fourth-order valence-corrected chi connectivity index (χ4v) is 3.05. The van der Waals surface area contributed by atoms with Gasteiger partial charge in [0.25, 0.3) is 0 Å². The van der Waals surface area contributed by atoms with Gasteiger partial charge in [-0.1, -0.05) is 13.8 Å². The second-order valence-corrected chi connectivity index (χ2v) is 10.2. The molecule has 0 aliphatic rings. The molecule has 0 fully saturated rings. The molecule has 12 heavy (non-hydrogen) atoms. The first kappa shape index (κ1) is 12.7. The third kappa shape index (κ3) is 5.33. The number of hydrogen-bond donors (Lipinski definition) is 1. The van der Waals surface area contributed by atoms with Crippen molar-refractivity contribution in [3.8, 4) is 0 Å². The van der Waals surface area contributed by atoms with Crippen LogP contribution in [0.5, 0.6) is 0 Å². The van der Waals surface area contributed by atoms with Crippen LogP contribution in [0.4, 0.5) is 0 Å². The minimum absolute atomic E-state index is 0.569. The molecule has 0 saturated heterocycles. The first-order valence-corrected chi connectivity index (χ1v) is 7.81. The van der Waals surface area contributed by atoms with Crippen molar-refractivity contribution in [1.29, 1.82) is 0 Å². The smallest absolute Gasteiger partial charge is 0.0865 e. The molecule has 0 bridgehead atoms. The molecule has 1 nitrogen and oxygen atoms in total. The summed E-state index contributed by atoms with van der Waals surface area (Å²) < 4.78 is 1.06. The number of thiol groups is 1. The Morgan fingerprint density at radius 3 is 1.75 bits per heavy atom. The molecular formula is C9H24NS2+. The zero-order valence-corrected chi connectivity index (χ0v) is 10.8. The molecule has 0 unspecified atom stereocenters.